The highest BCUT2D eigenvalue weighted by molar-refractivity contribution is 7.05. The normalized spacial score (nSPS) is 29.3. The summed E-state index contributed by atoms with van der Waals surface area (Å²) < 4.78 is 20.9. The van der Waals surface area contributed by atoms with Crippen molar-refractivity contribution in [1.29, 1.82) is 0 Å². The van der Waals surface area contributed by atoms with Gasteiger partial charge >= 0.3 is 8.80 Å². The van der Waals surface area contributed by atoms with E-state index in [0.717, 1.165) is 15.5 Å². The smallest absolute Gasteiger partial charge is 0.377 e. The van der Waals surface area contributed by atoms with Crippen molar-refractivity contribution in [1.82, 2.24) is 0 Å². The van der Waals surface area contributed by atoms with Gasteiger partial charge in [-0.15, -0.1) is 0 Å². The predicted octanol–water partition coefficient (Wildman–Crippen LogP) is 10.2. The van der Waals surface area contributed by atoms with Gasteiger partial charge in [-0.1, -0.05) is 134 Å². The Morgan fingerprint density at radius 2 is 0.744 bits per heavy atom. The van der Waals surface area contributed by atoms with Gasteiger partial charge in [-0.3, -0.25) is 0 Å². The molecule has 3 aliphatic rings. The molecular formula is C29H68O3Si7. The summed E-state index contributed by atoms with van der Waals surface area (Å²) in [5.74, 6) is 0. The summed E-state index contributed by atoms with van der Waals surface area (Å²) in [5, 5.41) is 2.66. The molecule has 0 N–H and O–H groups in total. The maximum absolute atomic E-state index is 6.97. The summed E-state index contributed by atoms with van der Waals surface area (Å²) in [7, 11) is -6.31. The second-order valence-corrected chi connectivity index (χ2v) is 53.9. The largest absolute Gasteiger partial charge is 0.506 e. The van der Waals surface area contributed by atoms with E-state index in [1.807, 2.05) is 21.3 Å². The fourth-order valence-corrected chi connectivity index (χ4v) is 69.1. The minimum Gasteiger partial charge on any atom is -0.377 e. The van der Waals surface area contributed by atoms with Crippen molar-refractivity contribution in [3.8, 4) is 0 Å². The van der Waals surface area contributed by atoms with Crippen LogP contribution in [0.15, 0.2) is 0 Å². The quantitative estimate of drug-likeness (QED) is 0.243. The van der Waals surface area contributed by atoms with Crippen LogP contribution in [0.25, 0.3) is 0 Å². The molecule has 0 amide bonds. The van der Waals surface area contributed by atoms with Crippen LogP contribution in [-0.2, 0) is 13.3 Å². The Morgan fingerprint density at radius 1 is 0.487 bits per heavy atom. The molecule has 3 rings (SSSR count). The van der Waals surface area contributed by atoms with Gasteiger partial charge in [0.05, 0.1) is 0 Å². The van der Waals surface area contributed by atoms with Gasteiger partial charge in [0.15, 0.2) is 0 Å². The van der Waals surface area contributed by atoms with Crippen LogP contribution < -0.4 is 0 Å². The van der Waals surface area contributed by atoms with E-state index in [2.05, 4.69) is 78.6 Å². The molecule has 0 saturated carbocycles. The first-order valence-corrected chi connectivity index (χ1v) is 37.7. The fourth-order valence-electron chi connectivity index (χ4n) is 12.5. The third-order valence-corrected chi connectivity index (χ3v) is 54.0. The van der Waals surface area contributed by atoms with Gasteiger partial charge in [0.1, 0.15) is 0 Å². The molecular weight excluding hydrogens is 593 g/mol. The Morgan fingerprint density at radius 3 is 1.00 bits per heavy atom. The zero-order valence-corrected chi connectivity index (χ0v) is 36.0. The summed E-state index contributed by atoms with van der Waals surface area (Å²) in [4.78, 5) is 0. The minimum atomic E-state index is -3.05. The van der Waals surface area contributed by atoms with Gasteiger partial charge in [-0.05, 0) is 21.9 Å². The summed E-state index contributed by atoms with van der Waals surface area (Å²) in [5.41, 5.74) is 0. The van der Waals surface area contributed by atoms with Crippen molar-refractivity contribution in [2.45, 2.75) is 161 Å². The molecule has 10 heteroatoms. The first-order chi connectivity index (χ1) is 17.6. The van der Waals surface area contributed by atoms with E-state index in [0.29, 0.717) is 0 Å². The molecule has 0 aromatic heterocycles. The number of hydrogen-bond acceptors (Lipinski definition) is 3. The van der Waals surface area contributed by atoms with Crippen LogP contribution in [0.1, 0.15) is 25.7 Å². The third-order valence-electron chi connectivity index (χ3n) is 12.9. The van der Waals surface area contributed by atoms with E-state index in [4.69, 9.17) is 13.3 Å². The molecule has 0 aromatic rings. The van der Waals surface area contributed by atoms with Crippen molar-refractivity contribution < 1.29 is 13.3 Å². The van der Waals surface area contributed by atoms with E-state index < -0.39 is 57.2 Å². The van der Waals surface area contributed by atoms with Crippen molar-refractivity contribution >= 4 is 57.2 Å². The molecule has 0 atom stereocenters. The second kappa shape index (κ2) is 11.4. The highest BCUT2D eigenvalue weighted by atomic mass is 28.4. The standard InChI is InChI=1S/C29H68O3Si7/c1-30-39(31-2,32-3)29(27-35(8,9)21-17-22-36(27,10)11,28-37(12,13)23-18-24-38(28,14)15)25-26-33(4,5)19-16-20-34(26,6)7/h26-28H,16-25H2,1-15H3. The highest BCUT2D eigenvalue weighted by Gasteiger charge is 2.77. The van der Waals surface area contributed by atoms with Crippen LogP contribution >= 0.6 is 0 Å². The second-order valence-electron chi connectivity index (χ2n) is 18.3. The van der Waals surface area contributed by atoms with Crippen molar-refractivity contribution in [3.63, 3.8) is 0 Å². The minimum absolute atomic E-state index is 0.0968. The SMILES string of the molecule is CO[Si](OC)(OC)C(CC1[Si](C)(C)CCC[Si]1(C)C)(C1[Si](C)(C)CCC[Si]1(C)C)C1[Si](C)(C)CCC[Si]1(C)C. The maximum atomic E-state index is 6.97. The predicted molar refractivity (Wildman–Crippen MR) is 193 cm³/mol. The maximum Gasteiger partial charge on any atom is 0.506 e. The lowest BCUT2D eigenvalue weighted by atomic mass is 10.1. The molecule has 3 saturated heterocycles. The van der Waals surface area contributed by atoms with Gasteiger partial charge in [-0.2, -0.15) is 0 Å². The average Bonchev–Trinajstić information content (AvgIpc) is 2.75. The van der Waals surface area contributed by atoms with Gasteiger partial charge in [-0.25, -0.2) is 0 Å². The molecule has 3 nitrogen and oxygen atoms in total. The van der Waals surface area contributed by atoms with Gasteiger partial charge in [0.25, 0.3) is 0 Å². The van der Waals surface area contributed by atoms with Crippen LogP contribution in [0.5, 0.6) is 0 Å². The number of rotatable bonds is 8. The molecule has 0 aromatic carbocycles. The fraction of sp³-hybridized carbons (Fsp3) is 1.00. The number of hydrogen-bond donors (Lipinski definition) is 0. The molecule has 3 fully saturated rings. The van der Waals surface area contributed by atoms with Crippen molar-refractivity contribution in [2.75, 3.05) is 21.3 Å². The Bertz CT molecular complexity index is 773. The molecule has 0 radical (unpaired) electrons. The first-order valence-electron chi connectivity index (χ1n) is 16.3. The summed E-state index contributed by atoms with van der Waals surface area (Å²) in [6.07, 6.45) is 5.80. The van der Waals surface area contributed by atoms with Gasteiger partial charge in [0.2, 0.25) is 0 Å². The van der Waals surface area contributed by atoms with Crippen molar-refractivity contribution in [3.05, 3.63) is 0 Å². The van der Waals surface area contributed by atoms with E-state index in [9.17, 15) is 0 Å². The van der Waals surface area contributed by atoms with E-state index >= 15 is 0 Å². The van der Waals surface area contributed by atoms with Crippen LogP contribution in [0, 0.1) is 0 Å². The molecule has 3 heterocycles. The van der Waals surface area contributed by atoms with Crippen LogP contribution in [0.2, 0.25) is 135 Å². The van der Waals surface area contributed by atoms with E-state index in [-0.39, 0.29) is 5.04 Å². The summed E-state index contributed by atoms with van der Waals surface area (Å²) in [6, 6.07) is 8.98. The monoisotopic (exact) mass is 660 g/mol. The Labute approximate surface area is 251 Å². The Kier molecular flexibility index (Phi) is 10.2. The highest BCUT2D eigenvalue weighted by Crippen LogP contribution is 2.75. The molecule has 39 heavy (non-hydrogen) atoms. The molecule has 0 spiro atoms. The lowest BCUT2D eigenvalue weighted by molar-refractivity contribution is 0.0871. The van der Waals surface area contributed by atoms with Crippen molar-refractivity contribution in [2.24, 2.45) is 0 Å². The molecule has 0 bridgehead atoms. The van der Waals surface area contributed by atoms with Crippen LogP contribution in [0.3, 0.4) is 0 Å². The lowest BCUT2D eigenvalue weighted by Gasteiger charge is -2.69. The first kappa shape index (κ1) is 34.9. The summed E-state index contributed by atoms with van der Waals surface area (Å²) in [6.45, 7) is 33.6. The average molecular weight is 661 g/mol. The third kappa shape index (κ3) is 5.93. The molecule has 230 valence electrons. The molecule has 0 unspecified atom stereocenters. The summed E-state index contributed by atoms with van der Waals surface area (Å²) >= 11 is 0. The van der Waals surface area contributed by atoms with Crippen LogP contribution in [0.4, 0.5) is 0 Å². The zero-order chi connectivity index (χ0) is 29.9. The molecule has 3 aliphatic heterocycles. The Balaban J connectivity index is 2.55. The van der Waals surface area contributed by atoms with E-state index in [1.54, 1.807) is 0 Å². The van der Waals surface area contributed by atoms with E-state index in [1.165, 1.54) is 61.9 Å². The topological polar surface area (TPSA) is 27.7 Å². The lowest BCUT2D eigenvalue weighted by Crippen LogP contribution is -2.73. The Hall–Kier alpha value is 1.40. The van der Waals surface area contributed by atoms with Gasteiger partial charge in [0, 0.05) is 74.8 Å². The van der Waals surface area contributed by atoms with Crippen LogP contribution in [-0.4, -0.2) is 78.6 Å². The zero-order valence-electron chi connectivity index (χ0n) is 29.0. The molecule has 0 aliphatic carbocycles. The van der Waals surface area contributed by atoms with Gasteiger partial charge < -0.3 is 13.3 Å².